The van der Waals surface area contributed by atoms with Crippen LogP contribution in [0.2, 0.25) is 0 Å². The van der Waals surface area contributed by atoms with Gasteiger partial charge in [-0.3, -0.25) is 9.59 Å². The molecule has 0 aliphatic carbocycles. The van der Waals surface area contributed by atoms with E-state index in [9.17, 15) is 9.59 Å². The second-order valence-corrected chi connectivity index (χ2v) is 10.5. The van der Waals surface area contributed by atoms with Crippen LogP contribution in [-0.4, -0.2) is 22.5 Å². The number of aliphatic carboxylic acids is 1. The average molecular weight is 457 g/mol. The highest BCUT2D eigenvalue weighted by Crippen LogP contribution is 2.15. The number of carboxylic acid groups (broad SMARTS) is 1. The molecule has 0 spiro atoms. The lowest BCUT2D eigenvalue weighted by Gasteiger charge is -2.22. The molecule has 0 rings (SSSR count). The third-order valence-corrected chi connectivity index (χ3v) is 5.86. The predicted molar refractivity (Wildman–Crippen MR) is 138 cm³/mol. The lowest BCUT2D eigenvalue weighted by atomic mass is 9.95. The molecule has 0 radical (unpaired) electrons. The number of carbonyl (C=O) groups excluding carboxylic acids is 1. The predicted octanol–water partition coefficient (Wildman–Crippen LogP) is 7.35. The first-order chi connectivity index (χ1) is 15.0. The van der Waals surface area contributed by atoms with Crippen molar-refractivity contribution in [3.63, 3.8) is 0 Å². The Morgan fingerprint density at radius 1 is 0.625 bits per heavy atom. The van der Waals surface area contributed by atoms with Gasteiger partial charge in [0.05, 0.1) is 5.41 Å². The Labute approximate surface area is 199 Å². The Balaban J connectivity index is 0. The molecule has 0 amide bonds. The summed E-state index contributed by atoms with van der Waals surface area (Å²) in [6.07, 6.45) is 21.5. The number of Topliss-reactive ketones (excluding diaryl/α,β-unsaturated/α-hetero) is 1. The van der Waals surface area contributed by atoms with Crippen molar-refractivity contribution in [1.82, 2.24) is 0 Å². The molecule has 0 aromatic heterocycles. The highest BCUT2D eigenvalue weighted by atomic mass is 16.4. The molecule has 192 valence electrons. The maximum Gasteiger partial charge on any atom is 0.308 e. The van der Waals surface area contributed by atoms with E-state index in [2.05, 4.69) is 13.8 Å². The van der Waals surface area contributed by atoms with Gasteiger partial charge in [-0.15, -0.1) is 0 Å². The van der Waals surface area contributed by atoms with Gasteiger partial charge in [0.15, 0.2) is 5.78 Å². The largest absolute Gasteiger partial charge is 0.481 e. The lowest BCUT2D eigenvalue weighted by Crippen LogP contribution is -2.56. The second kappa shape index (κ2) is 20.7. The molecule has 0 saturated carbocycles. The highest BCUT2D eigenvalue weighted by Gasteiger charge is 2.27. The van der Waals surface area contributed by atoms with Gasteiger partial charge in [-0.05, 0) is 40.0 Å². The summed E-state index contributed by atoms with van der Waals surface area (Å²) in [6.45, 7) is 9.40. The number of nitrogens with two attached hydrogens (primary N) is 2. The van der Waals surface area contributed by atoms with Crippen LogP contribution in [0.5, 0.6) is 0 Å². The summed E-state index contributed by atoms with van der Waals surface area (Å²) < 4.78 is 0. The van der Waals surface area contributed by atoms with Crippen LogP contribution < -0.4 is 11.5 Å². The molecule has 0 aromatic carbocycles. The summed E-state index contributed by atoms with van der Waals surface area (Å²) >= 11 is 0. The van der Waals surface area contributed by atoms with Crippen molar-refractivity contribution < 1.29 is 14.7 Å². The monoisotopic (exact) mass is 456 g/mol. The van der Waals surface area contributed by atoms with Crippen molar-refractivity contribution in [3.05, 3.63) is 0 Å². The fourth-order valence-corrected chi connectivity index (χ4v) is 3.34. The summed E-state index contributed by atoms with van der Waals surface area (Å²) in [5.74, 6) is -0.709. The van der Waals surface area contributed by atoms with Gasteiger partial charge in [-0.1, -0.05) is 104 Å². The molecule has 5 N–H and O–H groups in total. The molecule has 0 unspecified atom stereocenters. The molecule has 0 atom stereocenters. The summed E-state index contributed by atoms with van der Waals surface area (Å²) in [7, 11) is 0. The number of hydrogen-bond donors (Lipinski definition) is 3. The molecule has 0 heterocycles. The van der Waals surface area contributed by atoms with Gasteiger partial charge in [-0.25, -0.2) is 0 Å². The van der Waals surface area contributed by atoms with Gasteiger partial charge in [0.25, 0.3) is 0 Å². The highest BCUT2D eigenvalue weighted by molar-refractivity contribution is 5.87. The van der Waals surface area contributed by atoms with E-state index >= 15 is 0 Å². The minimum atomic E-state index is -1.09. The zero-order valence-electron chi connectivity index (χ0n) is 22.1. The van der Waals surface area contributed by atoms with E-state index in [4.69, 9.17) is 16.6 Å². The fraction of sp³-hybridized carbons (Fsp3) is 0.926. The number of ketones is 1. The van der Waals surface area contributed by atoms with Crippen LogP contribution in [0.25, 0.3) is 0 Å². The van der Waals surface area contributed by atoms with Crippen molar-refractivity contribution in [3.8, 4) is 0 Å². The first kappa shape index (κ1) is 33.2. The summed E-state index contributed by atoms with van der Waals surface area (Å²) in [5.41, 5.74) is 10.3. The normalized spacial score (nSPS) is 11.7. The number of rotatable bonds is 19. The molecule has 0 bridgehead atoms. The van der Waals surface area contributed by atoms with E-state index in [1.807, 2.05) is 0 Å². The zero-order chi connectivity index (χ0) is 24.9. The molecular formula is C27H56N2O3. The van der Waals surface area contributed by atoms with Crippen LogP contribution in [0.3, 0.4) is 0 Å². The number of carboxylic acids is 1. The van der Waals surface area contributed by atoms with Gasteiger partial charge >= 0.3 is 5.97 Å². The van der Waals surface area contributed by atoms with Crippen LogP contribution in [0.1, 0.15) is 150 Å². The summed E-state index contributed by atoms with van der Waals surface area (Å²) in [6, 6.07) is 0. The molecule has 0 aliphatic rings. The van der Waals surface area contributed by atoms with Crippen molar-refractivity contribution in [2.24, 2.45) is 16.9 Å². The number of carbonyl (C=O) groups is 2. The Morgan fingerprint density at radius 2 is 0.938 bits per heavy atom. The summed E-state index contributed by atoms with van der Waals surface area (Å²) in [4.78, 5) is 22.1. The van der Waals surface area contributed by atoms with E-state index in [1.54, 1.807) is 20.8 Å². The maximum atomic E-state index is 12.1. The van der Waals surface area contributed by atoms with Crippen LogP contribution in [0.4, 0.5) is 0 Å². The lowest BCUT2D eigenvalue weighted by molar-refractivity contribution is -0.145. The zero-order valence-corrected chi connectivity index (χ0v) is 22.1. The Hall–Kier alpha value is -0.940. The van der Waals surface area contributed by atoms with E-state index in [0.717, 1.165) is 32.1 Å². The fourth-order valence-electron chi connectivity index (χ4n) is 3.34. The van der Waals surface area contributed by atoms with E-state index in [0.29, 0.717) is 12.8 Å². The van der Waals surface area contributed by atoms with Gasteiger partial charge in [0, 0.05) is 6.42 Å². The van der Waals surface area contributed by atoms with Crippen molar-refractivity contribution in [2.45, 2.75) is 156 Å². The van der Waals surface area contributed by atoms with Gasteiger partial charge in [0.2, 0.25) is 0 Å². The molecule has 5 nitrogen and oxygen atoms in total. The first-order valence-electron chi connectivity index (χ1n) is 13.3. The SMILES string of the molecule is CC(C)(C)C(=O)O.CCCCCCCCCCCCCCCC(=O)C(N)(N)CCCCC. The minimum Gasteiger partial charge on any atom is -0.481 e. The van der Waals surface area contributed by atoms with Crippen LogP contribution in [-0.2, 0) is 9.59 Å². The molecular weight excluding hydrogens is 400 g/mol. The first-order valence-corrected chi connectivity index (χ1v) is 13.3. The van der Waals surface area contributed by atoms with Gasteiger partial charge in [-0.2, -0.15) is 0 Å². The van der Waals surface area contributed by atoms with E-state index in [1.165, 1.54) is 70.6 Å². The molecule has 0 aromatic rings. The van der Waals surface area contributed by atoms with E-state index in [-0.39, 0.29) is 5.78 Å². The maximum absolute atomic E-state index is 12.1. The Kier molecular flexibility index (Phi) is 21.4. The van der Waals surface area contributed by atoms with E-state index < -0.39 is 17.0 Å². The van der Waals surface area contributed by atoms with Crippen LogP contribution in [0.15, 0.2) is 0 Å². The topological polar surface area (TPSA) is 106 Å². The molecule has 0 aliphatic heterocycles. The van der Waals surface area contributed by atoms with Crippen molar-refractivity contribution >= 4 is 11.8 Å². The summed E-state index contributed by atoms with van der Waals surface area (Å²) in [5, 5.41) is 8.25. The standard InChI is InChI=1S/C22H46N2O.C5H10O2/c1-3-5-7-8-9-10-11-12-13-14-15-16-17-19-21(25)22(23,24)20-18-6-4-2;1-5(2,3)4(6)7/h3-20,23-24H2,1-2H3;1-3H3,(H,6,7). The van der Waals surface area contributed by atoms with Crippen molar-refractivity contribution in [1.29, 1.82) is 0 Å². The number of unbranched alkanes of at least 4 members (excludes halogenated alkanes) is 14. The number of hydrogen-bond acceptors (Lipinski definition) is 4. The average Bonchev–Trinajstić information content (AvgIpc) is 2.71. The third kappa shape index (κ3) is 22.3. The molecule has 0 saturated heterocycles. The van der Waals surface area contributed by atoms with Crippen molar-refractivity contribution in [2.75, 3.05) is 0 Å². The Morgan fingerprint density at radius 3 is 1.28 bits per heavy atom. The van der Waals surface area contributed by atoms with Crippen LogP contribution >= 0.6 is 0 Å². The second-order valence-electron chi connectivity index (χ2n) is 10.5. The molecule has 0 fully saturated rings. The van der Waals surface area contributed by atoms with Gasteiger partial charge < -0.3 is 16.6 Å². The Bertz CT molecular complexity index is 456. The third-order valence-electron chi connectivity index (χ3n) is 5.86. The van der Waals surface area contributed by atoms with Gasteiger partial charge in [0.1, 0.15) is 5.66 Å². The minimum absolute atomic E-state index is 0.0478. The quantitative estimate of drug-likeness (QED) is 0.139. The smallest absolute Gasteiger partial charge is 0.308 e. The molecule has 5 heteroatoms. The van der Waals surface area contributed by atoms with Crippen LogP contribution in [0, 0.1) is 5.41 Å². The molecule has 32 heavy (non-hydrogen) atoms.